The summed E-state index contributed by atoms with van der Waals surface area (Å²) in [5.41, 5.74) is 1.41. The Morgan fingerprint density at radius 3 is 2.31 bits per heavy atom. The van der Waals surface area contributed by atoms with E-state index in [1.165, 1.54) is 31.2 Å². The maximum atomic E-state index is 12.5. The van der Waals surface area contributed by atoms with Gasteiger partial charge < -0.3 is 11.6 Å². The van der Waals surface area contributed by atoms with Gasteiger partial charge in [-0.3, -0.25) is 4.79 Å². The van der Waals surface area contributed by atoms with E-state index in [4.69, 9.17) is 4.28 Å². The molecular formula is C20H22NNaO6S. The molecule has 0 fully saturated rings. The first-order valence-corrected chi connectivity index (χ1v) is 9.70. The first-order valence-electron chi connectivity index (χ1n) is 8.29. The summed E-state index contributed by atoms with van der Waals surface area (Å²) >= 11 is 0. The van der Waals surface area contributed by atoms with E-state index < -0.39 is 16.0 Å². The molecule has 0 aliphatic heterocycles. The van der Waals surface area contributed by atoms with E-state index in [0.29, 0.717) is 10.6 Å². The van der Waals surface area contributed by atoms with Gasteiger partial charge in [0.25, 0.3) is 5.91 Å². The summed E-state index contributed by atoms with van der Waals surface area (Å²) in [7, 11) is -4.24. The first-order chi connectivity index (χ1) is 13.1. The summed E-state index contributed by atoms with van der Waals surface area (Å²) < 4.78 is 30.1. The minimum atomic E-state index is -4.24. The summed E-state index contributed by atoms with van der Waals surface area (Å²) in [6.07, 6.45) is 1.75. The van der Waals surface area contributed by atoms with E-state index in [9.17, 15) is 23.4 Å². The average Bonchev–Trinajstić information content (AvgIpc) is 2.67. The van der Waals surface area contributed by atoms with E-state index >= 15 is 0 Å². The Kier molecular flexibility index (Phi) is 9.13. The van der Waals surface area contributed by atoms with Crippen molar-refractivity contribution in [1.29, 1.82) is 0 Å². The Labute approximate surface area is 193 Å². The van der Waals surface area contributed by atoms with Crippen molar-refractivity contribution in [3.63, 3.8) is 0 Å². The molecule has 2 N–H and O–H groups in total. The molecule has 2 aromatic carbocycles. The molecule has 0 atom stereocenters. The molecular weight excluding hydrogens is 405 g/mol. The molecule has 0 saturated heterocycles. The van der Waals surface area contributed by atoms with Gasteiger partial charge >= 0.3 is 39.7 Å². The fourth-order valence-electron chi connectivity index (χ4n) is 2.27. The van der Waals surface area contributed by atoms with Crippen LogP contribution in [0.1, 0.15) is 19.5 Å². The molecule has 0 radical (unpaired) electrons. The van der Waals surface area contributed by atoms with Gasteiger partial charge in [0.15, 0.2) is 11.5 Å². The van der Waals surface area contributed by atoms with Crippen LogP contribution in [0.3, 0.4) is 0 Å². The maximum Gasteiger partial charge on any atom is 1.00 e. The second-order valence-corrected chi connectivity index (χ2v) is 7.59. The number of hydrogen-bond acceptors (Lipinski definition) is 6. The molecule has 150 valence electrons. The molecule has 0 aromatic heterocycles. The number of phenolic OH excluding ortho intramolecular Hbond substituents is 2. The van der Waals surface area contributed by atoms with Crippen LogP contribution in [-0.4, -0.2) is 36.1 Å². The number of nitrogens with zero attached hydrogens (tertiary/aromatic N) is 1. The fourth-order valence-corrected chi connectivity index (χ4v) is 3.21. The molecule has 7 nitrogen and oxygen atoms in total. The molecule has 9 heteroatoms. The molecule has 29 heavy (non-hydrogen) atoms. The largest absolute Gasteiger partial charge is 1.00 e. The zero-order chi connectivity index (χ0) is 20.9. The molecule has 0 spiro atoms. The molecule has 0 heterocycles. The van der Waals surface area contributed by atoms with Crippen molar-refractivity contribution in [3.8, 4) is 11.5 Å². The topological polar surface area (TPSA) is 104 Å². The van der Waals surface area contributed by atoms with Gasteiger partial charge in [-0.25, -0.2) is 0 Å². The van der Waals surface area contributed by atoms with Gasteiger partial charge in [-0.2, -0.15) is 13.5 Å². The summed E-state index contributed by atoms with van der Waals surface area (Å²) in [5.74, 6) is -1.28. The van der Waals surface area contributed by atoms with Gasteiger partial charge in [-0.05, 0) is 48.7 Å². The zero-order valence-electron chi connectivity index (χ0n) is 17.3. The maximum absolute atomic E-state index is 12.5. The Hall–Kier alpha value is -2.10. The van der Waals surface area contributed by atoms with Gasteiger partial charge in [-0.15, -0.1) is 4.28 Å². The van der Waals surface area contributed by atoms with Gasteiger partial charge in [0.2, 0.25) is 0 Å². The van der Waals surface area contributed by atoms with Gasteiger partial charge in [0, 0.05) is 5.57 Å². The van der Waals surface area contributed by atoms with Crippen LogP contribution in [0.2, 0.25) is 0 Å². The third-order valence-corrected chi connectivity index (χ3v) is 5.05. The van der Waals surface area contributed by atoms with Crippen molar-refractivity contribution in [2.45, 2.75) is 18.2 Å². The zero-order valence-corrected chi connectivity index (χ0v) is 19.1. The Morgan fingerprint density at radius 1 is 1.17 bits per heavy atom. The van der Waals surface area contributed by atoms with E-state index in [0.717, 1.165) is 5.56 Å². The second kappa shape index (κ2) is 10.6. The number of amides is 1. The van der Waals surface area contributed by atoms with Crippen LogP contribution in [0, 0.1) is 0 Å². The van der Waals surface area contributed by atoms with E-state index in [-0.39, 0.29) is 65.9 Å². The Bertz CT molecular complexity index is 1010. The monoisotopic (exact) mass is 427 g/mol. The minimum Gasteiger partial charge on any atom is -1.00 e. The summed E-state index contributed by atoms with van der Waals surface area (Å²) in [6, 6.07) is 10.00. The molecule has 0 bridgehead atoms. The standard InChI is InChI=1S/C20H21NO6S.Na.H/c1-4-15-5-8-17(9-6-15)28(25,26)27-21(20(24)14(2)3)12-11-16-7-10-18(22)19(23)13-16;;/h4-10,13,22-23H,1-2,11-12H2,3H3;;/q;+1;-1. The molecule has 2 rings (SSSR count). The SMILES string of the molecule is C=Cc1ccc(S(=O)(=O)ON(CCc2ccc(O)c(O)c2)C(=O)C(=C)C)cc1.[H-].[Na+]. The third kappa shape index (κ3) is 6.73. The number of aromatic hydroxyl groups is 2. The number of benzene rings is 2. The van der Waals surface area contributed by atoms with E-state index in [1.807, 2.05) is 0 Å². The summed E-state index contributed by atoms with van der Waals surface area (Å²) in [4.78, 5) is 12.2. The summed E-state index contributed by atoms with van der Waals surface area (Å²) in [6.45, 7) is 8.46. The normalized spacial score (nSPS) is 10.7. The van der Waals surface area contributed by atoms with E-state index in [1.54, 1.807) is 24.3 Å². The number of carbonyl (C=O) groups is 1. The van der Waals surface area contributed by atoms with Crippen molar-refractivity contribution in [3.05, 3.63) is 72.3 Å². The van der Waals surface area contributed by atoms with Crippen LogP contribution in [0.4, 0.5) is 0 Å². The van der Waals surface area contributed by atoms with Crippen LogP contribution in [-0.2, 0) is 25.6 Å². The van der Waals surface area contributed by atoms with Crippen molar-refractivity contribution in [2.75, 3.05) is 6.54 Å². The quantitative estimate of drug-likeness (QED) is 0.269. The molecule has 2 aromatic rings. The fraction of sp³-hybridized carbons (Fsp3) is 0.150. The van der Waals surface area contributed by atoms with E-state index in [2.05, 4.69) is 13.2 Å². The van der Waals surface area contributed by atoms with Gasteiger partial charge in [0.1, 0.15) is 0 Å². The number of phenols is 2. The number of hydrogen-bond donors (Lipinski definition) is 2. The van der Waals surface area contributed by atoms with Gasteiger partial charge in [-0.1, -0.05) is 37.4 Å². The molecule has 1 amide bonds. The minimum absolute atomic E-state index is 0. The molecule has 0 aliphatic carbocycles. The van der Waals surface area contributed by atoms with Crippen molar-refractivity contribution < 1.29 is 58.7 Å². The van der Waals surface area contributed by atoms with Crippen LogP contribution >= 0.6 is 0 Å². The number of hydroxylamine groups is 2. The predicted octanol–water partition coefficient (Wildman–Crippen LogP) is 0.125. The number of carbonyl (C=O) groups excluding carboxylic acids is 1. The first kappa shape index (κ1) is 24.9. The Morgan fingerprint density at radius 2 is 1.79 bits per heavy atom. The third-order valence-electron chi connectivity index (χ3n) is 3.83. The average molecular weight is 427 g/mol. The smallest absolute Gasteiger partial charge is 1.00 e. The molecule has 0 aliphatic rings. The van der Waals surface area contributed by atoms with Crippen LogP contribution in [0.25, 0.3) is 6.08 Å². The molecule has 0 saturated carbocycles. The Balaban J connectivity index is 0.00000420. The molecule has 0 unspecified atom stereocenters. The summed E-state index contributed by atoms with van der Waals surface area (Å²) in [5, 5.41) is 19.6. The predicted molar refractivity (Wildman–Crippen MR) is 106 cm³/mol. The van der Waals surface area contributed by atoms with Crippen LogP contribution in [0.15, 0.2) is 66.1 Å². The number of rotatable bonds is 8. The second-order valence-electron chi connectivity index (χ2n) is 6.06. The van der Waals surface area contributed by atoms with Crippen molar-refractivity contribution in [2.24, 2.45) is 0 Å². The van der Waals surface area contributed by atoms with Crippen molar-refractivity contribution >= 4 is 22.1 Å². The van der Waals surface area contributed by atoms with Crippen LogP contribution in [0.5, 0.6) is 11.5 Å². The van der Waals surface area contributed by atoms with Crippen LogP contribution < -0.4 is 29.6 Å². The van der Waals surface area contributed by atoms with Crippen molar-refractivity contribution in [1.82, 2.24) is 5.06 Å². The van der Waals surface area contributed by atoms with Gasteiger partial charge in [0.05, 0.1) is 11.4 Å².